The molecule has 1 aliphatic heterocycles. The monoisotopic (exact) mass is 181 g/mol. The molecule has 1 fully saturated rings. The van der Waals surface area contributed by atoms with E-state index >= 15 is 0 Å². The molecule has 0 aromatic heterocycles. The number of halogens is 2. The zero-order valence-corrected chi connectivity index (χ0v) is 6.76. The lowest BCUT2D eigenvalue weighted by atomic mass is 10.2. The van der Waals surface area contributed by atoms with E-state index in [0.29, 0.717) is 19.2 Å². The van der Waals surface area contributed by atoms with Gasteiger partial charge in [0, 0.05) is 6.54 Å². The molecule has 0 atom stereocenters. The van der Waals surface area contributed by atoms with Crippen LogP contribution in [0.5, 0.6) is 0 Å². The third-order valence-electron chi connectivity index (χ3n) is 1.56. The maximum atomic E-state index is 11.5. The average Bonchev–Trinajstić information content (AvgIpc) is 1.92. The Hall–Kier alpha value is -0.260. The van der Waals surface area contributed by atoms with E-state index in [-0.39, 0.29) is 0 Å². The quantitative estimate of drug-likeness (QED) is 0.596. The van der Waals surface area contributed by atoms with E-state index in [2.05, 4.69) is 10.1 Å². The number of nitrogens with one attached hydrogen (secondary N) is 1. The van der Waals surface area contributed by atoms with Gasteiger partial charge in [0.2, 0.25) is 0 Å². The van der Waals surface area contributed by atoms with Crippen molar-refractivity contribution in [3.05, 3.63) is 0 Å². The Balaban J connectivity index is 1.76. The van der Waals surface area contributed by atoms with Crippen molar-refractivity contribution in [2.24, 2.45) is 0 Å². The molecule has 1 rings (SSSR count). The first-order chi connectivity index (χ1) is 5.79. The first kappa shape index (κ1) is 9.83. The van der Waals surface area contributed by atoms with Crippen LogP contribution in [0.4, 0.5) is 8.78 Å². The summed E-state index contributed by atoms with van der Waals surface area (Å²) in [5.41, 5.74) is 0. The van der Waals surface area contributed by atoms with E-state index in [4.69, 9.17) is 4.74 Å². The molecular formula is C7H13F2NO2. The smallest absolute Gasteiger partial charge is 0.261 e. The highest BCUT2D eigenvalue weighted by atomic mass is 19.3. The minimum Gasteiger partial charge on any atom is -0.378 e. The van der Waals surface area contributed by atoms with Crippen molar-refractivity contribution in [1.82, 2.24) is 5.32 Å². The molecule has 1 saturated heterocycles. The number of hydrogen-bond acceptors (Lipinski definition) is 3. The summed E-state index contributed by atoms with van der Waals surface area (Å²) in [7, 11) is 0. The van der Waals surface area contributed by atoms with Crippen LogP contribution in [0.25, 0.3) is 0 Å². The predicted molar refractivity (Wildman–Crippen MR) is 39.4 cm³/mol. The molecule has 0 amide bonds. The van der Waals surface area contributed by atoms with Crippen molar-refractivity contribution in [3.63, 3.8) is 0 Å². The lowest BCUT2D eigenvalue weighted by molar-refractivity contribution is -0.0141. The van der Waals surface area contributed by atoms with Crippen LogP contribution in [0.1, 0.15) is 0 Å². The largest absolute Gasteiger partial charge is 0.378 e. The van der Waals surface area contributed by atoms with Gasteiger partial charge in [-0.1, -0.05) is 0 Å². The fourth-order valence-electron chi connectivity index (χ4n) is 0.861. The van der Waals surface area contributed by atoms with Gasteiger partial charge in [-0.2, -0.15) is 0 Å². The van der Waals surface area contributed by atoms with E-state index in [9.17, 15) is 8.78 Å². The van der Waals surface area contributed by atoms with E-state index in [1.165, 1.54) is 0 Å². The van der Waals surface area contributed by atoms with Crippen molar-refractivity contribution < 1.29 is 18.3 Å². The lowest BCUT2D eigenvalue weighted by Crippen LogP contribution is -2.47. The second-order valence-corrected chi connectivity index (χ2v) is 2.65. The Labute approximate surface area is 70.0 Å². The Kier molecular flexibility index (Phi) is 4.42. The van der Waals surface area contributed by atoms with E-state index < -0.39 is 13.0 Å². The second kappa shape index (κ2) is 5.40. The summed E-state index contributed by atoms with van der Waals surface area (Å²) in [4.78, 5) is 0. The van der Waals surface area contributed by atoms with Crippen molar-refractivity contribution >= 4 is 0 Å². The zero-order valence-electron chi connectivity index (χ0n) is 6.76. The Morgan fingerprint density at radius 1 is 1.50 bits per heavy atom. The Morgan fingerprint density at radius 3 is 2.75 bits per heavy atom. The van der Waals surface area contributed by atoms with Gasteiger partial charge in [-0.15, -0.1) is 0 Å². The van der Waals surface area contributed by atoms with Crippen molar-refractivity contribution in [2.75, 3.05) is 33.0 Å². The number of hydrogen-bond donors (Lipinski definition) is 1. The molecule has 1 N–H and O–H groups in total. The minimum atomic E-state index is -2.36. The molecule has 0 spiro atoms. The van der Waals surface area contributed by atoms with Crippen LogP contribution >= 0.6 is 0 Å². The molecule has 1 aliphatic rings. The molecule has 0 aromatic carbocycles. The van der Waals surface area contributed by atoms with Gasteiger partial charge in [0.15, 0.2) is 0 Å². The van der Waals surface area contributed by atoms with Crippen molar-refractivity contribution in [2.45, 2.75) is 12.5 Å². The highest BCUT2D eigenvalue weighted by Gasteiger charge is 2.16. The second-order valence-electron chi connectivity index (χ2n) is 2.65. The van der Waals surface area contributed by atoms with Gasteiger partial charge in [0.05, 0.1) is 25.9 Å². The summed E-state index contributed by atoms with van der Waals surface area (Å²) >= 11 is 0. The molecule has 1 heterocycles. The topological polar surface area (TPSA) is 30.5 Å². The summed E-state index contributed by atoms with van der Waals surface area (Å²) in [5.74, 6) is 0. The maximum Gasteiger partial charge on any atom is 0.261 e. The van der Waals surface area contributed by atoms with Crippen molar-refractivity contribution in [3.8, 4) is 0 Å². The van der Waals surface area contributed by atoms with Gasteiger partial charge in [-0.05, 0) is 0 Å². The number of rotatable bonds is 6. The van der Waals surface area contributed by atoms with Gasteiger partial charge in [0.1, 0.15) is 6.61 Å². The average molecular weight is 181 g/mol. The number of alkyl halides is 2. The molecule has 12 heavy (non-hydrogen) atoms. The van der Waals surface area contributed by atoms with E-state index in [0.717, 1.165) is 13.2 Å². The van der Waals surface area contributed by atoms with Crippen LogP contribution in [-0.4, -0.2) is 45.4 Å². The normalized spacial score (nSPS) is 18.2. The van der Waals surface area contributed by atoms with Gasteiger partial charge in [0.25, 0.3) is 6.43 Å². The zero-order chi connectivity index (χ0) is 8.81. The summed E-state index contributed by atoms with van der Waals surface area (Å²) in [6.07, 6.45) is -2.36. The van der Waals surface area contributed by atoms with Gasteiger partial charge < -0.3 is 14.8 Å². The first-order valence-corrected chi connectivity index (χ1v) is 3.96. The molecule has 0 bridgehead atoms. The Morgan fingerprint density at radius 2 is 2.25 bits per heavy atom. The summed E-state index contributed by atoms with van der Waals surface area (Å²) in [5, 5.41) is 3.10. The fourth-order valence-corrected chi connectivity index (χ4v) is 0.861. The maximum absolute atomic E-state index is 11.5. The highest BCUT2D eigenvalue weighted by molar-refractivity contribution is 4.72. The summed E-state index contributed by atoms with van der Waals surface area (Å²) in [6, 6.07) is 0.389. The molecule has 3 nitrogen and oxygen atoms in total. The molecular weight excluding hydrogens is 168 g/mol. The fraction of sp³-hybridized carbons (Fsp3) is 1.00. The third-order valence-corrected chi connectivity index (χ3v) is 1.56. The molecule has 0 radical (unpaired) electrons. The van der Waals surface area contributed by atoms with Crippen LogP contribution in [0.15, 0.2) is 0 Å². The van der Waals surface area contributed by atoms with Crippen LogP contribution in [0.3, 0.4) is 0 Å². The first-order valence-electron chi connectivity index (χ1n) is 3.96. The summed E-state index contributed by atoms with van der Waals surface area (Å²) in [6.45, 7) is 1.91. The Bertz CT molecular complexity index is 120. The van der Waals surface area contributed by atoms with E-state index in [1.807, 2.05) is 0 Å². The predicted octanol–water partition coefficient (Wildman–Crippen LogP) is 0.256. The van der Waals surface area contributed by atoms with Gasteiger partial charge in [-0.3, -0.25) is 0 Å². The molecule has 0 saturated carbocycles. The van der Waals surface area contributed by atoms with Crippen LogP contribution in [-0.2, 0) is 9.47 Å². The van der Waals surface area contributed by atoms with Gasteiger partial charge >= 0.3 is 0 Å². The van der Waals surface area contributed by atoms with Crippen LogP contribution in [0, 0.1) is 0 Å². The van der Waals surface area contributed by atoms with Gasteiger partial charge in [-0.25, -0.2) is 8.78 Å². The number of ether oxygens (including phenoxy) is 2. The molecule has 72 valence electrons. The van der Waals surface area contributed by atoms with Crippen LogP contribution < -0.4 is 5.32 Å². The molecule has 0 aromatic rings. The molecule has 0 aliphatic carbocycles. The SMILES string of the molecule is FC(F)COCCNC1COC1. The van der Waals surface area contributed by atoms with Crippen molar-refractivity contribution in [1.29, 1.82) is 0 Å². The lowest BCUT2D eigenvalue weighted by Gasteiger charge is -2.26. The molecule has 5 heteroatoms. The summed E-state index contributed by atoms with van der Waals surface area (Å²) < 4.78 is 32.6. The van der Waals surface area contributed by atoms with E-state index in [1.54, 1.807) is 0 Å². The van der Waals surface area contributed by atoms with Crippen LogP contribution in [0.2, 0.25) is 0 Å². The molecule has 0 unspecified atom stereocenters. The third kappa shape index (κ3) is 3.94. The highest BCUT2D eigenvalue weighted by Crippen LogP contribution is 1.98. The minimum absolute atomic E-state index is 0.334. The standard InChI is InChI=1S/C7H13F2NO2/c8-7(9)5-11-2-1-10-6-3-12-4-6/h6-7,10H,1-5H2.